The number of ether oxygens (including phenoxy) is 1. The first kappa shape index (κ1) is 13.5. The maximum atomic E-state index is 11.9. The number of hydrogen-bond donors (Lipinski definition) is 1. The fourth-order valence-electron chi connectivity index (χ4n) is 2.12. The van der Waals surface area contributed by atoms with Crippen molar-refractivity contribution in [2.75, 3.05) is 11.9 Å². The molecule has 0 aromatic carbocycles. The summed E-state index contributed by atoms with van der Waals surface area (Å²) in [4.78, 5) is 23.3. The van der Waals surface area contributed by atoms with Gasteiger partial charge in [0.1, 0.15) is 5.54 Å². The van der Waals surface area contributed by atoms with Crippen molar-refractivity contribution in [3.8, 4) is 0 Å². The summed E-state index contributed by atoms with van der Waals surface area (Å²) >= 11 is 3.17. The summed E-state index contributed by atoms with van der Waals surface area (Å²) in [6.07, 6.45) is 4.03. The van der Waals surface area contributed by atoms with Crippen LogP contribution in [0, 0.1) is 0 Å². The molecule has 0 aromatic heterocycles. The van der Waals surface area contributed by atoms with Crippen LogP contribution in [-0.4, -0.2) is 29.4 Å². The molecule has 1 N–H and O–H groups in total. The molecule has 1 aliphatic rings. The molecule has 0 bridgehead atoms. The van der Waals surface area contributed by atoms with Crippen LogP contribution in [0.1, 0.15) is 39.0 Å². The lowest BCUT2D eigenvalue weighted by Gasteiger charge is -2.35. The van der Waals surface area contributed by atoms with Crippen LogP contribution in [0.4, 0.5) is 4.79 Å². The van der Waals surface area contributed by atoms with E-state index in [1.165, 1.54) is 0 Å². The second kappa shape index (κ2) is 6.23. The third-order valence-corrected chi connectivity index (χ3v) is 3.49. The molecule has 92 valence electrons. The molecular weight excluding hydrogens is 274 g/mol. The van der Waals surface area contributed by atoms with Crippen LogP contribution in [0.15, 0.2) is 0 Å². The Kier molecular flexibility index (Phi) is 5.25. The number of ketones is 1. The first-order chi connectivity index (χ1) is 7.64. The molecule has 1 rings (SSSR count). The molecule has 0 heterocycles. The SMILES string of the molecule is CCOC(=O)NC1(C(=O)CBr)CCCCC1. The minimum absolute atomic E-state index is 0.0419. The molecule has 0 spiro atoms. The van der Waals surface area contributed by atoms with Crippen LogP contribution in [-0.2, 0) is 9.53 Å². The molecule has 16 heavy (non-hydrogen) atoms. The van der Waals surface area contributed by atoms with Crippen LogP contribution in [0.5, 0.6) is 0 Å². The Bertz CT molecular complexity index is 262. The summed E-state index contributed by atoms with van der Waals surface area (Å²) in [6, 6.07) is 0. The highest BCUT2D eigenvalue weighted by Gasteiger charge is 2.40. The lowest BCUT2D eigenvalue weighted by Crippen LogP contribution is -2.56. The van der Waals surface area contributed by atoms with Crippen LogP contribution < -0.4 is 5.32 Å². The molecule has 1 saturated carbocycles. The third kappa shape index (κ3) is 3.20. The van der Waals surface area contributed by atoms with Crippen molar-refractivity contribution in [3.05, 3.63) is 0 Å². The number of amides is 1. The van der Waals surface area contributed by atoms with Crippen LogP contribution >= 0.6 is 15.9 Å². The summed E-state index contributed by atoms with van der Waals surface area (Å²) in [5, 5.41) is 3.02. The normalized spacial score (nSPS) is 18.9. The van der Waals surface area contributed by atoms with E-state index in [9.17, 15) is 9.59 Å². The maximum Gasteiger partial charge on any atom is 0.407 e. The quantitative estimate of drug-likeness (QED) is 0.809. The number of hydrogen-bond acceptors (Lipinski definition) is 3. The Hall–Kier alpha value is -0.580. The minimum atomic E-state index is -0.700. The molecule has 1 fully saturated rings. The second-order valence-electron chi connectivity index (χ2n) is 4.05. The van der Waals surface area contributed by atoms with Gasteiger partial charge in [-0.1, -0.05) is 35.2 Å². The van der Waals surface area contributed by atoms with Gasteiger partial charge in [-0.05, 0) is 19.8 Å². The van der Waals surface area contributed by atoms with Gasteiger partial charge in [0.15, 0.2) is 5.78 Å². The molecule has 4 nitrogen and oxygen atoms in total. The van der Waals surface area contributed by atoms with Gasteiger partial charge in [0.05, 0.1) is 11.9 Å². The molecule has 0 saturated heterocycles. The number of nitrogens with one attached hydrogen (secondary N) is 1. The number of alkyl carbamates (subject to hydrolysis) is 1. The van der Waals surface area contributed by atoms with Gasteiger partial charge in [-0.2, -0.15) is 0 Å². The second-order valence-corrected chi connectivity index (χ2v) is 4.61. The number of halogens is 1. The molecule has 1 aliphatic carbocycles. The van der Waals surface area contributed by atoms with Gasteiger partial charge in [-0.15, -0.1) is 0 Å². The Morgan fingerprint density at radius 3 is 2.44 bits per heavy atom. The summed E-state index contributed by atoms with van der Waals surface area (Å²) in [7, 11) is 0. The molecule has 0 unspecified atom stereocenters. The Labute approximate surface area is 104 Å². The van der Waals surface area contributed by atoms with E-state index in [1.807, 2.05) is 0 Å². The van der Waals surface area contributed by atoms with Gasteiger partial charge in [0, 0.05) is 0 Å². The number of rotatable bonds is 4. The van der Waals surface area contributed by atoms with Crippen LogP contribution in [0.25, 0.3) is 0 Å². The predicted molar refractivity (Wildman–Crippen MR) is 64.8 cm³/mol. The monoisotopic (exact) mass is 291 g/mol. The number of carbonyl (C=O) groups excluding carboxylic acids is 2. The largest absolute Gasteiger partial charge is 0.450 e. The standard InChI is InChI=1S/C11H18BrNO3/c1-2-16-10(15)13-11(9(14)8-12)6-4-3-5-7-11/h2-8H2,1H3,(H,13,15). The zero-order valence-electron chi connectivity index (χ0n) is 9.55. The van der Waals surface area contributed by atoms with Crippen molar-refractivity contribution in [2.45, 2.75) is 44.6 Å². The summed E-state index contributed by atoms with van der Waals surface area (Å²) in [6.45, 7) is 2.07. The molecule has 0 aliphatic heterocycles. The van der Waals surface area contributed by atoms with Crippen molar-refractivity contribution in [2.24, 2.45) is 0 Å². The van der Waals surface area contributed by atoms with E-state index in [0.717, 1.165) is 32.1 Å². The lowest BCUT2D eigenvalue weighted by atomic mass is 9.79. The highest BCUT2D eigenvalue weighted by Crippen LogP contribution is 2.29. The van der Waals surface area contributed by atoms with E-state index in [0.29, 0.717) is 6.61 Å². The summed E-state index contributed by atoms with van der Waals surface area (Å²) in [5.41, 5.74) is -0.700. The maximum absolute atomic E-state index is 11.9. The summed E-state index contributed by atoms with van der Waals surface area (Å²) < 4.78 is 4.85. The molecule has 0 aromatic rings. The van der Waals surface area contributed by atoms with Crippen molar-refractivity contribution < 1.29 is 14.3 Å². The third-order valence-electron chi connectivity index (χ3n) is 2.98. The zero-order valence-corrected chi connectivity index (χ0v) is 11.1. The topological polar surface area (TPSA) is 55.4 Å². The molecule has 0 radical (unpaired) electrons. The Balaban J connectivity index is 2.70. The smallest absolute Gasteiger partial charge is 0.407 e. The highest BCUT2D eigenvalue weighted by atomic mass is 79.9. The fraction of sp³-hybridized carbons (Fsp3) is 0.818. The Morgan fingerprint density at radius 2 is 1.94 bits per heavy atom. The van der Waals surface area contributed by atoms with Gasteiger partial charge < -0.3 is 10.1 Å². The number of carbonyl (C=O) groups is 2. The van der Waals surface area contributed by atoms with Crippen molar-refractivity contribution >= 4 is 27.8 Å². The first-order valence-corrected chi connectivity index (χ1v) is 6.81. The van der Waals surface area contributed by atoms with Gasteiger partial charge in [-0.25, -0.2) is 4.79 Å². The Morgan fingerprint density at radius 1 is 1.31 bits per heavy atom. The zero-order chi connectivity index (χ0) is 12.0. The predicted octanol–water partition coefficient (Wildman–Crippen LogP) is 2.40. The number of Topliss-reactive ketones (excluding diaryl/α,β-unsaturated/α-hetero) is 1. The summed E-state index contributed by atoms with van der Waals surface area (Å²) in [5.74, 6) is 0.0419. The highest BCUT2D eigenvalue weighted by molar-refractivity contribution is 9.09. The van der Waals surface area contributed by atoms with E-state index in [1.54, 1.807) is 6.92 Å². The fourth-order valence-corrected chi connectivity index (χ4v) is 2.66. The van der Waals surface area contributed by atoms with Crippen LogP contribution in [0.3, 0.4) is 0 Å². The lowest BCUT2D eigenvalue weighted by molar-refractivity contribution is -0.123. The number of alkyl halides is 1. The average Bonchev–Trinajstić information content (AvgIpc) is 2.29. The van der Waals surface area contributed by atoms with Gasteiger partial charge >= 0.3 is 6.09 Å². The van der Waals surface area contributed by atoms with Gasteiger partial charge in [0.25, 0.3) is 0 Å². The van der Waals surface area contributed by atoms with E-state index >= 15 is 0 Å². The van der Waals surface area contributed by atoms with Crippen molar-refractivity contribution in [1.82, 2.24) is 5.32 Å². The molecule has 0 atom stereocenters. The van der Waals surface area contributed by atoms with E-state index in [-0.39, 0.29) is 11.1 Å². The van der Waals surface area contributed by atoms with E-state index in [4.69, 9.17) is 4.74 Å². The molecular formula is C11H18BrNO3. The minimum Gasteiger partial charge on any atom is -0.450 e. The van der Waals surface area contributed by atoms with E-state index < -0.39 is 11.6 Å². The first-order valence-electron chi connectivity index (χ1n) is 5.69. The van der Waals surface area contributed by atoms with Crippen molar-refractivity contribution in [1.29, 1.82) is 0 Å². The van der Waals surface area contributed by atoms with Crippen molar-refractivity contribution in [3.63, 3.8) is 0 Å². The molecule has 5 heteroatoms. The average molecular weight is 292 g/mol. The van der Waals surface area contributed by atoms with Gasteiger partial charge in [-0.3, -0.25) is 4.79 Å². The van der Waals surface area contributed by atoms with E-state index in [2.05, 4.69) is 21.2 Å². The van der Waals surface area contributed by atoms with Gasteiger partial charge in [0.2, 0.25) is 0 Å². The molecule has 1 amide bonds. The van der Waals surface area contributed by atoms with Crippen LogP contribution in [0.2, 0.25) is 0 Å².